The second-order valence-electron chi connectivity index (χ2n) is 15.3. The summed E-state index contributed by atoms with van der Waals surface area (Å²) in [5.74, 6) is -0.663. The third-order valence-corrected chi connectivity index (χ3v) is 16.0. The smallest absolute Gasteiger partial charge is 0.351 e. The molecule has 12 nitrogen and oxygen atoms in total. The summed E-state index contributed by atoms with van der Waals surface area (Å²) in [6.07, 6.45) is -2.84. The van der Waals surface area contributed by atoms with E-state index in [0.717, 1.165) is 33.0 Å². The largest absolute Gasteiger partial charge is 0.455 e. The van der Waals surface area contributed by atoms with Crippen LogP contribution < -0.4 is 21.8 Å². The van der Waals surface area contributed by atoms with E-state index in [-0.39, 0.29) is 19.0 Å². The molecule has 2 heterocycles. The fraction of sp³-hybridized carbons (Fsp3) is 0.357. The minimum absolute atomic E-state index is 0.0101. The number of rotatable bonds is 13. The minimum Gasteiger partial charge on any atom is -0.455 e. The monoisotopic (exact) mass is 799 g/mol. The van der Waals surface area contributed by atoms with E-state index in [1.807, 2.05) is 103 Å². The molecule has 1 aromatic heterocycles. The summed E-state index contributed by atoms with van der Waals surface area (Å²) >= 11 is 0. The van der Waals surface area contributed by atoms with Gasteiger partial charge < -0.3 is 24.4 Å². The van der Waals surface area contributed by atoms with Crippen LogP contribution in [0.1, 0.15) is 52.0 Å². The number of nitrogens with two attached hydrogens (primary N) is 1. The quantitative estimate of drug-likeness (QED) is 0.0970. The van der Waals surface area contributed by atoms with Crippen molar-refractivity contribution in [1.82, 2.24) is 9.55 Å². The van der Waals surface area contributed by atoms with Crippen LogP contribution in [0.5, 0.6) is 0 Å². The number of anilines is 1. The number of aromatic nitrogens is 2. The SMILES string of the molecule is CC(=O)O[C@H]1[C@H](n2cc(C)c(N)nc2=O)O[C@@](CO[Si](c2ccccc2)(c2ccccc2)C(C)(C)C)([C@@H](C)OS(C)(=O)=O)[C@H]1OCc1ccc2ccccc2c1. The van der Waals surface area contributed by atoms with Crippen molar-refractivity contribution < 1.29 is 36.0 Å². The van der Waals surface area contributed by atoms with Crippen molar-refractivity contribution in [3.8, 4) is 0 Å². The number of ether oxygens (including phenoxy) is 3. The van der Waals surface area contributed by atoms with Crippen LogP contribution >= 0.6 is 0 Å². The first-order valence-electron chi connectivity index (χ1n) is 18.4. The number of esters is 1. The Labute approximate surface area is 328 Å². The second-order valence-corrected chi connectivity index (χ2v) is 21.3. The van der Waals surface area contributed by atoms with Crippen LogP contribution in [0.2, 0.25) is 5.04 Å². The van der Waals surface area contributed by atoms with Gasteiger partial charge in [-0.15, -0.1) is 0 Å². The molecule has 14 heteroatoms. The third kappa shape index (κ3) is 8.22. The summed E-state index contributed by atoms with van der Waals surface area (Å²) in [5, 5.41) is 3.43. The van der Waals surface area contributed by atoms with Gasteiger partial charge in [-0.1, -0.05) is 118 Å². The van der Waals surface area contributed by atoms with Crippen molar-refractivity contribution in [2.45, 2.75) is 83.3 Å². The lowest BCUT2D eigenvalue weighted by Crippen LogP contribution is -2.69. The van der Waals surface area contributed by atoms with E-state index in [0.29, 0.717) is 5.56 Å². The van der Waals surface area contributed by atoms with Crippen LogP contribution in [0.4, 0.5) is 5.82 Å². The first kappa shape index (κ1) is 40.9. The van der Waals surface area contributed by atoms with Gasteiger partial charge in [0, 0.05) is 18.7 Å². The van der Waals surface area contributed by atoms with Gasteiger partial charge in [0.1, 0.15) is 23.6 Å². The van der Waals surface area contributed by atoms with Crippen molar-refractivity contribution >= 4 is 51.4 Å². The van der Waals surface area contributed by atoms with Gasteiger partial charge in [0.25, 0.3) is 18.4 Å². The maximum absolute atomic E-state index is 13.6. The molecule has 4 aromatic carbocycles. The van der Waals surface area contributed by atoms with Crippen molar-refractivity contribution in [1.29, 1.82) is 0 Å². The Balaban J connectivity index is 1.57. The maximum Gasteiger partial charge on any atom is 0.351 e. The molecule has 6 rings (SSSR count). The number of hydrogen-bond acceptors (Lipinski definition) is 11. The predicted octanol–water partition coefficient (Wildman–Crippen LogP) is 5.01. The van der Waals surface area contributed by atoms with Gasteiger partial charge in [0.05, 0.1) is 19.5 Å². The topological polar surface area (TPSA) is 158 Å². The van der Waals surface area contributed by atoms with E-state index in [1.165, 1.54) is 17.7 Å². The molecule has 0 aliphatic carbocycles. The fourth-order valence-electron chi connectivity index (χ4n) is 7.71. The lowest BCUT2D eigenvalue weighted by Gasteiger charge is -2.46. The van der Waals surface area contributed by atoms with Crippen LogP contribution in [-0.2, 0) is 44.3 Å². The Morgan fingerprint density at radius 2 is 1.55 bits per heavy atom. The Bertz CT molecular complexity index is 2310. The molecule has 0 spiro atoms. The van der Waals surface area contributed by atoms with Crippen LogP contribution in [0.15, 0.2) is 114 Å². The zero-order valence-electron chi connectivity index (χ0n) is 32.7. The Morgan fingerprint density at radius 1 is 0.964 bits per heavy atom. The van der Waals surface area contributed by atoms with Gasteiger partial charge in [-0.3, -0.25) is 13.5 Å². The van der Waals surface area contributed by atoms with Gasteiger partial charge >= 0.3 is 11.7 Å². The third-order valence-electron chi connectivity index (χ3n) is 10.3. The molecule has 0 bridgehead atoms. The number of fused-ring (bicyclic) bond motifs is 1. The molecule has 0 saturated carbocycles. The molecule has 0 radical (unpaired) electrons. The molecular weight excluding hydrogens is 751 g/mol. The summed E-state index contributed by atoms with van der Waals surface area (Å²) in [4.78, 5) is 30.6. The standard InChI is InChI=1S/C42H49N3O9SSi/c1-28-25-45(40(47)44-38(28)43)39-36(52-30(3)46)37(50-26-31-22-23-32-16-14-15-17-33(32)24-31)42(53-39,29(2)54-55(7,48)49)27-51-56(41(4,5)6,34-18-10-8-11-19-34)35-20-12-9-13-21-35/h8-25,29,36-37,39H,26-27H2,1-7H3,(H2,43,44,47)/t29-,36-,37+,39-,42+/m1/s1. The van der Waals surface area contributed by atoms with Crippen molar-refractivity contribution in [3.63, 3.8) is 0 Å². The summed E-state index contributed by atoms with van der Waals surface area (Å²) in [5.41, 5.74) is 4.67. The van der Waals surface area contributed by atoms with E-state index in [2.05, 4.69) is 25.8 Å². The van der Waals surface area contributed by atoms with Crippen LogP contribution in [0.25, 0.3) is 10.8 Å². The molecule has 0 unspecified atom stereocenters. The second kappa shape index (κ2) is 16.0. The Hall–Kier alpha value is -4.70. The molecule has 5 atom stereocenters. The number of aryl methyl sites for hydroxylation is 1. The Morgan fingerprint density at radius 3 is 2.12 bits per heavy atom. The number of carbonyl (C=O) groups is 1. The molecular formula is C42H49N3O9SSi. The van der Waals surface area contributed by atoms with Crippen molar-refractivity contribution in [2.75, 3.05) is 18.6 Å². The van der Waals surface area contributed by atoms with Gasteiger partial charge in [-0.25, -0.2) is 4.79 Å². The van der Waals surface area contributed by atoms with Crippen LogP contribution in [0, 0.1) is 6.92 Å². The van der Waals surface area contributed by atoms with E-state index >= 15 is 0 Å². The number of benzene rings is 4. The van der Waals surface area contributed by atoms with Crippen LogP contribution in [-0.4, -0.2) is 69.0 Å². The summed E-state index contributed by atoms with van der Waals surface area (Å²) in [6.45, 7) is 10.5. The first-order chi connectivity index (χ1) is 26.4. The molecule has 296 valence electrons. The maximum atomic E-state index is 13.6. The molecule has 2 N–H and O–H groups in total. The van der Waals surface area contributed by atoms with Crippen LogP contribution in [0.3, 0.4) is 0 Å². The zero-order valence-corrected chi connectivity index (χ0v) is 34.5. The van der Waals surface area contributed by atoms with E-state index in [4.69, 9.17) is 28.6 Å². The number of hydrogen-bond donors (Lipinski definition) is 1. The normalized spacial score (nSPS) is 20.9. The lowest BCUT2D eigenvalue weighted by atomic mass is 9.90. The fourth-order valence-corrected chi connectivity index (χ4v) is 13.0. The highest BCUT2D eigenvalue weighted by Crippen LogP contribution is 2.46. The number of nitrogen functional groups attached to an aromatic ring is 1. The zero-order chi connectivity index (χ0) is 40.5. The van der Waals surface area contributed by atoms with Crippen molar-refractivity contribution in [2.24, 2.45) is 0 Å². The highest BCUT2D eigenvalue weighted by molar-refractivity contribution is 7.86. The van der Waals surface area contributed by atoms with Gasteiger partial charge in [-0.05, 0) is 51.7 Å². The van der Waals surface area contributed by atoms with E-state index < -0.39 is 65.3 Å². The van der Waals surface area contributed by atoms with Gasteiger partial charge in [-0.2, -0.15) is 13.4 Å². The van der Waals surface area contributed by atoms with E-state index in [1.54, 1.807) is 13.8 Å². The van der Waals surface area contributed by atoms with Crippen molar-refractivity contribution in [3.05, 3.63) is 131 Å². The molecule has 0 amide bonds. The van der Waals surface area contributed by atoms with E-state index in [9.17, 15) is 18.0 Å². The minimum atomic E-state index is -4.13. The molecule has 1 fully saturated rings. The lowest BCUT2D eigenvalue weighted by molar-refractivity contribution is -0.181. The number of carbonyl (C=O) groups excluding carboxylic acids is 1. The highest BCUT2D eigenvalue weighted by Gasteiger charge is 2.64. The summed E-state index contributed by atoms with van der Waals surface area (Å²) < 4.78 is 60.2. The predicted molar refractivity (Wildman–Crippen MR) is 218 cm³/mol. The number of nitrogens with zero attached hydrogens (tertiary/aromatic N) is 2. The summed E-state index contributed by atoms with van der Waals surface area (Å²) in [6, 6.07) is 33.6. The molecule has 1 aliphatic heterocycles. The molecule has 5 aromatic rings. The van der Waals surface area contributed by atoms with Gasteiger partial charge in [0.2, 0.25) is 0 Å². The van der Waals surface area contributed by atoms with Gasteiger partial charge in [0.15, 0.2) is 12.3 Å². The highest BCUT2D eigenvalue weighted by atomic mass is 32.2. The molecule has 1 aliphatic rings. The molecule has 56 heavy (non-hydrogen) atoms. The summed E-state index contributed by atoms with van der Waals surface area (Å²) in [7, 11) is -7.47. The molecule has 1 saturated heterocycles. The average Bonchev–Trinajstić information content (AvgIpc) is 3.44. The first-order valence-corrected chi connectivity index (χ1v) is 22.1. The average molecular weight is 800 g/mol. The Kier molecular flexibility index (Phi) is 11.7.